The third-order valence-corrected chi connectivity index (χ3v) is 3.50. The first kappa shape index (κ1) is 14.9. The van der Waals surface area contributed by atoms with E-state index in [1.54, 1.807) is 0 Å². The predicted molar refractivity (Wildman–Crippen MR) is 65.9 cm³/mol. The Morgan fingerprint density at radius 2 is 1.73 bits per heavy atom. The molecule has 1 atom stereocenters. The normalized spacial score (nSPS) is 14.1. The van der Waals surface area contributed by atoms with Crippen LogP contribution >= 0.6 is 0 Å². The van der Waals surface area contributed by atoms with Crippen molar-refractivity contribution < 1.29 is 8.42 Å². The Labute approximate surface area is 94.6 Å². The van der Waals surface area contributed by atoms with Gasteiger partial charge in [-0.25, -0.2) is 8.42 Å². The van der Waals surface area contributed by atoms with Crippen molar-refractivity contribution in [3.63, 3.8) is 0 Å². The standard InChI is InChI=1S/C11H25NO2S/c1-4-6-8-11(12-5-2)9-7-10-15(3,13)14/h11-12H,4-10H2,1-3H3. The van der Waals surface area contributed by atoms with E-state index in [9.17, 15) is 8.42 Å². The highest BCUT2D eigenvalue weighted by Gasteiger charge is 2.08. The Morgan fingerprint density at radius 1 is 1.13 bits per heavy atom. The van der Waals surface area contributed by atoms with Gasteiger partial charge in [0.2, 0.25) is 0 Å². The van der Waals surface area contributed by atoms with Crippen molar-refractivity contribution in [3.8, 4) is 0 Å². The second kappa shape index (κ2) is 8.11. The van der Waals surface area contributed by atoms with E-state index in [-0.39, 0.29) is 0 Å². The van der Waals surface area contributed by atoms with Crippen LogP contribution in [0.4, 0.5) is 0 Å². The Kier molecular flexibility index (Phi) is 8.06. The lowest BCUT2D eigenvalue weighted by atomic mass is 10.1. The number of rotatable bonds is 9. The van der Waals surface area contributed by atoms with Gasteiger partial charge < -0.3 is 5.32 Å². The summed E-state index contributed by atoms with van der Waals surface area (Å²) in [5.41, 5.74) is 0. The molecule has 0 aromatic carbocycles. The Bertz CT molecular complexity index is 237. The van der Waals surface area contributed by atoms with Crippen LogP contribution in [0.1, 0.15) is 46.0 Å². The summed E-state index contributed by atoms with van der Waals surface area (Å²) in [6, 6.07) is 0.497. The summed E-state index contributed by atoms with van der Waals surface area (Å²) in [5, 5.41) is 3.41. The van der Waals surface area contributed by atoms with Gasteiger partial charge in [0.1, 0.15) is 9.84 Å². The van der Waals surface area contributed by atoms with Crippen molar-refractivity contribution in [3.05, 3.63) is 0 Å². The molecule has 0 aliphatic heterocycles. The second-order valence-corrected chi connectivity index (χ2v) is 6.43. The highest BCUT2D eigenvalue weighted by atomic mass is 32.2. The van der Waals surface area contributed by atoms with Crippen LogP contribution in [0.5, 0.6) is 0 Å². The van der Waals surface area contributed by atoms with Crippen molar-refractivity contribution >= 4 is 9.84 Å². The molecule has 0 bridgehead atoms. The fourth-order valence-corrected chi connectivity index (χ4v) is 2.37. The molecule has 0 aromatic heterocycles. The fraction of sp³-hybridized carbons (Fsp3) is 1.00. The van der Waals surface area contributed by atoms with Crippen LogP contribution in [-0.4, -0.2) is 33.0 Å². The lowest BCUT2D eigenvalue weighted by Crippen LogP contribution is -2.29. The van der Waals surface area contributed by atoms with Crippen LogP contribution < -0.4 is 5.32 Å². The maximum absolute atomic E-state index is 11.0. The van der Waals surface area contributed by atoms with Crippen LogP contribution in [0.3, 0.4) is 0 Å². The van der Waals surface area contributed by atoms with E-state index in [1.807, 2.05) is 0 Å². The van der Waals surface area contributed by atoms with Crippen LogP contribution in [0.15, 0.2) is 0 Å². The lowest BCUT2D eigenvalue weighted by molar-refractivity contribution is 0.445. The van der Waals surface area contributed by atoms with E-state index in [2.05, 4.69) is 19.2 Å². The van der Waals surface area contributed by atoms with Gasteiger partial charge in [-0.05, 0) is 25.8 Å². The maximum Gasteiger partial charge on any atom is 0.147 e. The number of hydrogen-bond acceptors (Lipinski definition) is 3. The van der Waals surface area contributed by atoms with Crippen molar-refractivity contribution in [2.45, 2.75) is 52.0 Å². The Balaban J connectivity index is 3.74. The SMILES string of the molecule is CCCCC(CCCS(C)(=O)=O)NCC. The summed E-state index contributed by atoms with van der Waals surface area (Å²) in [6.07, 6.45) is 6.64. The van der Waals surface area contributed by atoms with Crippen LogP contribution in [0, 0.1) is 0 Å². The highest BCUT2D eigenvalue weighted by molar-refractivity contribution is 7.90. The molecule has 1 unspecified atom stereocenters. The maximum atomic E-state index is 11.0. The molecule has 0 fully saturated rings. The number of sulfone groups is 1. The molecular formula is C11H25NO2S. The molecule has 0 aliphatic carbocycles. The first-order valence-corrected chi connectivity index (χ1v) is 7.96. The van der Waals surface area contributed by atoms with Gasteiger partial charge in [0, 0.05) is 18.1 Å². The molecule has 1 N–H and O–H groups in total. The van der Waals surface area contributed by atoms with Gasteiger partial charge in [0.05, 0.1) is 0 Å². The second-order valence-electron chi connectivity index (χ2n) is 4.17. The average Bonchev–Trinajstić information content (AvgIpc) is 2.12. The van der Waals surface area contributed by atoms with Crippen molar-refractivity contribution in [1.29, 1.82) is 0 Å². The summed E-state index contributed by atoms with van der Waals surface area (Å²) < 4.78 is 21.9. The van der Waals surface area contributed by atoms with Crippen molar-refractivity contribution in [2.75, 3.05) is 18.6 Å². The third kappa shape index (κ3) is 10.2. The molecule has 0 amide bonds. The Hall–Kier alpha value is -0.0900. The molecular weight excluding hydrogens is 210 g/mol. The van der Waals surface area contributed by atoms with Gasteiger partial charge in [-0.2, -0.15) is 0 Å². The van der Waals surface area contributed by atoms with Gasteiger partial charge in [-0.15, -0.1) is 0 Å². The van der Waals surface area contributed by atoms with Crippen LogP contribution in [0.2, 0.25) is 0 Å². The van der Waals surface area contributed by atoms with E-state index >= 15 is 0 Å². The zero-order chi connectivity index (χ0) is 11.7. The molecule has 4 heteroatoms. The minimum absolute atomic E-state index is 0.320. The minimum atomic E-state index is -2.78. The van der Waals surface area contributed by atoms with E-state index < -0.39 is 9.84 Å². The van der Waals surface area contributed by atoms with Gasteiger partial charge in [-0.1, -0.05) is 26.7 Å². The van der Waals surface area contributed by atoms with Crippen LogP contribution in [-0.2, 0) is 9.84 Å². The quantitative estimate of drug-likeness (QED) is 0.664. The monoisotopic (exact) mass is 235 g/mol. The number of nitrogens with one attached hydrogen (secondary N) is 1. The largest absolute Gasteiger partial charge is 0.314 e. The van der Waals surface area contributed by atoms with Gasteiger partial charge >= 0.3 is 0 Å². The molecule has 0 radical (unpaired) electrons. The van der Waals surface area contributed by atoms with E-state index in [4.69, 9.17) is 0 Å². The van der Waals surface area contributed by atoms with Crippen molar-refractivity contribution in [1.82, 2.24) is 5.32 Å². The fourth-order valence-electron chi connectivity index (χ4n) is 1.68. The van der Waals surface area contributed by atoms with E-state index in [1.165, 1.54) is 19.1 Å². The first-order valence-electron chi connectivity index (χ1n) is 5.90. The summed E-state index contributed by atoms with van der Waals surface area (Å²) >= 11 is 0. The van der Waals surface area contributed by atoms with Gasteiger partial charge in [0.15, 0.2) is 0 Å². The van der Waals surface area contributed by atoms with Crippen molar-refractivity contribution in [2.24, 2.45) is 0 Å². The molecule has 0 saturated carbocycles. The summed E-state index contributed by atoms with van der Waals surface area (Å²) in [7, 11) is -2.78. The Morgan fingerprint density at radius 3 is 2.20 bits per heavy atom. The predicted octanol–water partition coefficient (Wildman–Crippen LogP) is 1.98. The molecule has 15 heavy (non-hydrogen) atoms. The summed E-state index contributed by atoms with van der Waals surface area (Å²) in [6.45, 7) is 5.24. The lowest BCUT2D eigenvalue weighted by Gasteiger charge is -2.17. The molecule has 0 rings (SSSR count). The molecule has 0 heterocycles. The molecule has 0 saturated heterocycles. The number of unbranched alkanes of at least 4 members (excludes halogenated alkanes) is 1. The van der Waals surface area contributed by atoms with E-state index in [0.29, 0.717) is 11.8 Å². The molecule has 92 valence electrons. The number of hydrogen-bond donors (Lipinski definition) is 1. The first-order chi connectivity index (χ1) is 6.99. The third-order valence-electron chi connectivity index (χ3n) is 2.47. The van der Waals surface area contributed by atoms with Gasteiger partial charge in [0.25, 0.3) is 0 Å². The van der Waals surface area contributed by atoms with Gasteiger partial charge in [-0.3, -0.25) is 0 Å². The minimum Gasteiger partial charge on any atom is -0.314 e. The summed E-state index contributed by atoms with van der Waals surface area (Å²) in [5.74, 6) is 0.320. The smallest absolute Gasteiger partial charge is 0.147 e. The zero-order valence-electron chi connectivity index (χ0n) is 10.3. The molecule has 0 spiro atoms. The van der Waals surface area contributed by atoms with Crippen LogP contribution in [0.25, 0.3) is 0 Å². The highest BCUT2D eigenvalue weighted by Crippen LogP contribution is 2.07. The molecule has 0 aromatic rings. The molecule has 0 aliphatic rings. The topological polar surface area (TPSA) is 46.2 Å². The molecule has 3 nitrogen and oxygen atoms in total. The summed E-state index contributed by atoms with van der Waals surface area (Å²) in [4.78, 5) is 0. The average molecular weight is 235 g/mol. The zero-order valence-corrected chi connectivity index (χ0v) is 11.1. The van der Waals surface area contributed by atoms with E-state index in [0.717, 1.165) is 25.8 Å².